The van der Waals surface area contributed by atoms with Crippen molar-refractivity contribution in [1.29, 1.82) is 0 Å². The van der Waals surface area contributed by atoms with Crippen LogP contribution in [-0.2, 0) is 19.1 Å². The summed E-state index contributed by atoms with van der Waals surface area (Å²) in [6.07, 6.45) is 57.2. The number of ether oxygens (including phenoxy) is 2. The quantitative estimate of drug-likeness (QED) is 0.0371. The van der Waals surface area contributed by atoms with Crippen LogP contribution in [0.2, 0.25) is 0 Å². The van der Waals surface area contributed by atoms with E-state index in [1.165, 1.54) is 219 Å². The summed E-state index contributed by atoms with van der Waals surface area (Å²) in [6, 6.07) is 0. The second kappa shape index (κ2) is 54.2. The average molecular weight is 1030 g/mol. The summed E-state index contributed by atoms with van der Waals surface area (Å²) in [5.41, 5.74) is 0. The summed E-state index contributed by atoms with van der Waals surface area (Å²) >= 11 is 0. The van der Waals surface area contributed by atoms with Crippen molar-refractivity contribution in [3.8, 4) is 0 Å². The Morgan fingerprint density at radius 3 is 1.25 bits per heavy atom. The number of carbonyl (C=O) groups is 2. The minimum atomic E-state index is -0.645. The van der Waals surface area contributed by atoms with Gasteiger partial charge in [0.2, 0.25) is 5.91 Å². The molecule has 1 saturated heterocycles. The number of esters is 1. The fourth-order valence-electron chi connectivity index (χ4n) is 11.5. The highest BCUT2D eigenvalue weighted by atomic mass is 16.6. The number of unbranched alkanes of at least 4 members (excludes halogenated alkanes) is 30. The van der Waals surface area contributed by atoms with Gasteiger partial charge in [0.25, 0.3) is 0 Å². The number of hydrogen-bond acceptors (Lipinski definition) is 6. The Bertz CT molecular complexity index is 1150. The highest BCUT2D eigenvalue weighted by Gasteiger charge is 2.24. The molecule has 1 aliphatic rings. The van der Waals surface area contributed by atoms with Crippen molar-refractivity contribution in [2.75, 3.05) is 45.9 Å². The molecule has 0 aromatic heterocycles. The Hall–Kier alpha value is -1.18. The fraction of sp³-hybridized carbons (Fsp3) is 0.970. The Morgan fingerprint density at radius 1 is 0.425 bits per heavy atom. The second-order valence-corrected chi connectivity index (χ2v) is 23.7. The van der Waals surface area contributed by atoms with Gasteiger partial charge in [0, 0.05) is 25.4 Å². The summed E-state index contributed by atoms with van der Waals surface area (Å²) in [5.74, 6) is 1.63. The van der Waals surface area contributed by atoms with Crippen molar-refractivity contribution in [2.45, 2.75) is 349 Å². The molecule has 73 heavy (non-hydrogen) atoms. The van der Waals surface area contributed by atoms with Gasteiger partial charge in [-0.25, -0.2) is 0 Å². The molecule has 4 atom stereocenters. The largest absolute Gasteiger partial charge is 0.465 e. The van der Waals surface area contributed by atoms with Crippen LogP contribution < -0.4 is 0 Å². The SMILES string of the molecule is CCCCCCCCCN(CCCN1CCCC1)C(=O)C(CCCCCCCC(=O)OCC(CCCCCC)CCCCCCCC)CCCCCCCC(O)OCC(CCCCCC)CCCCCCCC. The number of carbonyl (C=O) groups excluding carboxylic acids is 2. The van der Waals surface area contributed by atoms with Crippen molar-refractivity contribution in [2.24, 2.45) is 17.8 Å². The van der Waals surface area contributed by atoms with Crippen LogP contribution in [0.4, 0.5) is 0 Å². The minimum absolute atomic E-state index is 0.00168. The van der Waals surface area contributed by atoms with Crippen molar-refractivity contribution in [3.63, 3.8) is 0 Å². The summed E-state index contributed by atoms with van der Waals surface area (Å²) in [7, 11) is 0. The lowest BCUT2D eigenvalue weighted by Crippen LogP contribution is -2.39. The van der Waals surface area contributed by atoms with Crippen LogP contribution in [0.25, 0.3) is 0 Å². The first kappa shape index (κ1) is 69.8. The number of aliphatic hydroxyl groups excluding tert-OH is 1. The predicted molar refractivity (Wildman–Crippen MR) is 316 cm³/mol. The number of rotatable bonds is 58. The van der Waals surface area contributed by atoms with Crippen LogP contribution in [0.1, 0.15) is 343 Å². The highest BCUT2D eigenvalue weighted by molar-refractivity contribution is 5.78. The van der Waals surface area contributed by atoms with Crippen molar-refractivity contribution < 1.29 is 24.2 Å². The van der Waals surface area contributed by atoms with Gasteiger partial charge in [-0.05, 0) is 115 Å². The Labute approximate surface area is 456 Å². The normalized spacial score (nSPS) is 14.7. The molecule has 0 saturated carbocycles. The molecule has 0 spiro atoms. The summed E-state index contributed by atoms with van der Waals surface area (Å²) < 4.78 is 12.0. The van der Waals surface area contributed by atoms with Gasteiger partial charge >= 0.3 is 5.97 Å². The maximum atomic E-state index is 14.6. The molecule has 434 valence electrons. The molecular weight excluding hydrogens is 901 g/mol. The van der Waals surface area contributed by atoms with Crippen LogP contribution in [-0.4, -0.2) is 79.0 Å². The van der Waals surface area contributed by atoms with E-state index in [9.17, 15) is 14.7 Å². The lowest BCUT2D eigenvalue weighted by molar-refractivity contribution is -0.145. The van der Waals surface area contributed by atoms with E-state index in [1.54, 1.807) is 0 Å². The molecule has 0 aromatic rings. The van der Waals surface area contributed by atoms with Gasteiger partial charge in [0.05, 0.1) is 13.2 Å². The molecule has 0 aromatic carbocycles. The van der Waals surface area contributed by atoms with Gasteiger partial charge in [0.15, 0.2) is 6.29 Å². The second-order valence-electron chi connectivity index (χ2n) is 23.7. The van der Waals surface area contributed by atoms with E-state index in [0.717, 1.165) is 116 Å². The molecule has 1 N–H and O–H groups in total. The van der Waals surface area contributed by atoms with Crippen molar-refractivity contribution in [1.82, 2.24) is 9.80 Å². The Balaban J connectivity index is 2.69. The summed E-state index contributed by atoms with van der Waals surface area (Å²) in [5, 5.41) is 10.8. The number of hydrogen-bond donors (Lipinski definition) is 1. The Morgan fingerprint density at radius 2 is 0.781 bits per heavy atom. The van der Waals surface area contributed by atoms with Crippen molar-refractivity contribution in [3.05, 3.63) is 0 Å². The molecule has 7 heteroatoms. The zero-order valence-electron chi connectivity index (χ0n) is 50.2. The third-order valence-electron chi connectivity index (χ3n) is 16.6. The molecule has 1 aliphatic heterocycles. The standard InChI is InChI=1S/C66H130N2O5/c1-6-11-16-21-24-33-42-57-68(58-45-56-67-54-43-44-55-67)66(71)63(50-38-29-25-31-40-52-64(69)72-59-61(46-34-19-14-9-4)48-36-27-22-17-12-7-2)51-39-30-26-32-41-53-65(70)73-60-62(47-35-20-15-10-5)49-37-28-23-18-13-8-3/h61-64,69H,6-60H2,1-5H3. The highest BCUT2D eigenvalue weighted by Crippen LogP contribution is 2.25. The van der Waals surface area contributed by atoms with E-state index >= 15 is 0 Å². The van der Waals surface area contributed by atoms with Gasteiger partial charge < -0.3 is 24.4 Å². The third-order valence-corrected chi connectivity index (χ3v) is 16.6. The predicted octanol–water partition coefficient (Wildman–Crippen LogP) is 19.7. The molecule has 1 amide bonds. The first-order valence-corrected chi connectivity index (χ1v) is 33.3. The van der Waals surface area contributed by atoms with Gasteiger partial charge in [0.1, 0.15) is 0 Å². The zero-order chi connectivity index (χ0) is 52.9. The summed E-state index contributed by atoms with van der Waals surface area (Å²) in [6.45, 7) is 18.1. The maximum Gasteiger partial charge on any atom is 0.305 e. The molecule has 1 heterocycles. The topological polar surface area (TPSA) is 79.3 Å². The zero-order valence-corrected chi connectivity index (χ0v) is 50.2. The number of aliphatic hydroxyl groups is 1. The lowest BCUT2D eigenvalue weighted by Gasteiger charge is -2.29. The van der Waals surface area contributed by atoms with Crippen LogP contribution >= 0.6 is 0 Å². The van der Waals surface area contributed by atoms with Crippen LogP contribution in [0.5, 0.6) is 0 Å². The monoisotopic (exact) mass is 1030 g/mol. The Kier molecular flexibility index (Phi) is 51.8. The molecule has 1 fully saturated rings. The van der Waals surface area contributed by atoms with Gasteiger partial charge in [-0.2, -0.15) is 0 Å². The molecule has 0 bridgehead atoms. The lowest BCUT2D eigenvalue weighted by atomic mass is 9.92. The molecule has 0 aliphatic carbocycles. The fourth-order valence-corrected chi connectivity index (χ4v) is 11.5. The van der Waals surface area contributed by atoms with Crippen LogP contribution in [0.3, 0.4) is 0 Å². The number of nitrogens with zero attached hydrogens (tertiary/aromatic N) is 2. The molecule has 7 nitrogen and oxygen atoms in total. The van der Waals surface area contributed by atoms with E-state index in [2.05, 4.69) is 44.4 Å². The molecule has 4 unspecified atom stereocenters. The van der Waals surface area contributed by atoms with Gasteiger partial charge in [-0.15, -0.1) is 0 Å². The molecule has 0 radical (unpaired) electrons. The first-order valence-electron chi connectivity index (χ1n) is 33.3. The number of amides is 1. The van der Waals surface area contributed by atoms with Gasteiger partial charge in [-0.1, -0.05) is 253 Å². The van der Waals surface area contributed by atoms with E-state index in [0.29, 0.717) is 37.4 Å². The average Bonchev–Trinajstić information content (AvgIpc) is 3.92. The third kappa shape index (κ3) is 44.5. The molecular formula is C66H130N2O5. The smallest absolute Gasteiger partial charge is 0.305 e. The van der Waals surface area contributed by atoms with Gasteiger partial charge in [-0.3, -0.25) is 9.59 Å². The van der Waals surface area contributed by atoms with Crippen molar-refractivity contribution >= 4 is 11.9 Å². The maximum absolute atomic E-state index is 14.6. The van der Waals surface area contributed by atoms with E-state index in [4.69, 9.17) is 9.47 Å². The number of likely N-dealkylation sites (tertiary alicyclic amines) is 1. The van der Waals surface area contributed by atoms with E-state index < -0.39 is 6.29 Å². The minimum Gasteiger partial charge on any atom is -0.465 e. The van der Waals surface area contributed by atoms with E-state index in [1.807, 2.05) is 0 Å². The van der Waals surface area contributed by atoms with E-state index in [-0.39, 0.29) is 11.9 Å². The molecule has 1 rings (SSSR count). The summed E-state index contributed by atoms with van der Waals surface area (Å²) in [4.78, 5) is 32.4. The van der Waals surface area contributed by atoms with Crippen LogP contribution in [0.15, 0.2) is 0 Å². The van der Waals surface area contributed by atoms with Crippen LogP contribution in [0, 0.1) is 17.8 Å². The first-order chi connectivity index (χ1) is 35.9.